The second-order valence-electron chi connectivity index (χ2n) is 8.07. The molecule has 2 nitrogen and oxygen atoms in total. The minimum atomic E-state index is -0.606. The molecule has 0 saturated heterocycles. The predicted octanol–water partition coefficient (Wildman–Crippen LogP) is 4.09. The van der Waals surface area contributed by atoms with Gasteiger partial charge in [0.25, 0.3) is 0 Å². The fourth-order valence-electron chi connectivity index (χ4n) is 4.94. The summed E-state index contributed by atoms with van der Waals surface area (Å²) in [6, 6.07) is 0. The van der Waals surface area contributed by atoms with Crippen LogP contribution in [0.15, 0.2) is 0 Å². The molecule has 0 aliphatic heterocycles. The van der Waals surface area contributed by atoms with Gasteiger partial charge < -0.3 is 5.11 Å². The van der Waals surface area contributed by atoms with Gasteiger partial charge in [-0.2, -0.15) is 0 Å². The van der Waals surface area contributed by atoms with Crippen LogP contribution < -0.4 is 0 Å². The Morgan fingerprint density at radius 2 is 1.53 bits per heavy atom. The summed E-state index contributed by atoms with van der Waals surface area (Å²) in [5.74, 6) is 0.0721. The van der Waals surface area contributed by atoms with Crippen LogP contribution in [-0.2, 0) is 4.79 Å². The van der Waals surface area contributed by atoms with Gasteiger partial charge in [-0.25, -0.2) is 0 Å². The van der Waals surface area contributed by atoms with E-state index >= 15 is 0 Å². The van der Waals surface area contributed by atoms with Gasteiger partial charge in [0.15, 0.2) is 0 Å². The molecule has 0 aromatic carbocycles. The van der Waals surface area contributed by atoms with Gasteiger partial charge in [0.2, 0.25) is 0 Å². The summed E-state index contributed by atoms with van der Waals surface area (Å²) < 4.78 is 0. The summed E-state index contributed by atoms with van der Waals surface area (Å²) in [5.41, 5.74) is 0.663. The zero-order valence-corrected chi connectivity index (χ0v) is 11.7. The first-order valence-electron chi connectivity index (χ1n) is 6.86. The second kappa shape index (κ2) is 3.73. The van der Waals surface area contributed by atoms with E-state index in [-0.39, 0.29) is 5.41 Å². The highest BCUT2D eigenvalue weighted by atomic mass is 16.4. The van der Waals surface area contributed by atoms with Crippen LogP contribution in [0.4, 0.5) is 0 Å². The normalized spacial score (nSPS) is 29.9. The highest BCUT2D eigenvalue weighted by Crippen LogP contribution is 2.63. The van der Waals surface area contributed by atoms with Gasteiger partial charge in [0, 0.05) is 0 Å². The summed E-state index contributed by atoms with van der Waals surface area (Å²) in [6.45, 7) is 9.25. The molecule has 2 aliphatic rings. The summed E-state index contributed by atoms with van der Waals surface area (Å²) in [7, 11) is 0. The number of carboxylic acid groups (broad SMARTS) is 1. The average Bonchev–Trinajstić information content (AvgIpc) is 2.74. The van der Waals surface area contributed by atoms with Gasteiger partial charge in [0.1, 0.15) is 0 Å². The maximum Gasteiger partial charge on any atom is 0.303 e. The summed E-state index contributed by atoms with van der Waals surface area (Å²) in [4.78, 5) is 11.2. The Kier molecular flexibility index (Phi) is 2.83. The molecule has 0 atom stereocenters. The summed E-state index contributed by atoms with van der Waals surface area (Å²) in [6.07, 6.45) is 6.29. The van der Waals surface area contributed by atoms with E-state index in [0.717, 1.165) is 12.8 Å². The third-order valence-corrected chi connectivity index (χ3v) is 4.57. The Balaban J connectivity index is 2.28. The van der Waals surface area contributed by atoms with Gasteiger partial charge >= 0.3 is 5.97 Å². The molecule has 0 spiro atoms. The Bertz CT molecular complexity index is 308. The van der Waals surface area contributed by atoms with E-state index < -0.39 is 5.97 Å². The maximum atomic E-state index is 11.2. The van der Waals surface area contributed by atoms with Crippen LogP contribution in [0.3, 0.4) is 0 Å². The fraction of sp³-hybridized carbons (Fsp3) is 0.933. The van der Waals surface area contributed by atoms with Gasteiger partial charge in [-0.1, -0.05) is 27.7 Å². The molecule has 0 heterocycles. The van der Waals surface area contributed by atoms with E-state index in [2.05, 4.69) is 27.7 Å². The molecule has 0 unspecified atom stereocenters. The Morgan fingerprint density at radius 3 is 1.88 bits per heavy atom. The molecule has 1 N–H and O–H groups in total. The fourth-order valence-corrected chi connectivity index (χ4v) is 4.94. The number of rotatable bonds is 3. The first-order chi connectivity index (χ1) is 7.64. The van der Waals surface area contributed by atoms with Gasteiger partial charge in [-0.05, 0) is 54.3 Å². The van der Waals surface area contributed by atoms with E-state index in [1.54, 1.807) is 0 Å². The van der Waals surface area contributed by atoms with Crippen LogP contribution >= 0.6 is 0 Å². The van der Waals surface area contributed by atoms with Crippen molar-refractivity contribution < 1.29 is 9.90 Å². The topological polar surface area (TPSA) is 37.3 Å². The quantitative estimate of drug-likeness (QED) is 0.804. The van der Waals surface area contributed by atoms with Crippen molar-refractivity contribution in [3.05, 3.63) is 0 Å². The molecule has 2 aliphatic carbocycles. The molecular weight excluding hydrogens is 212 g/mol. The van der Waals surface area contributed by atoms with Gasteiger partial charge in [0.05, 0.1) is 6.42 Å². The van der Waals surface area contributed by atoms with Crippen LogP contribution in [0, 0.1) is 22.2 Å². The minimum absolute atomic E-state index is 0.0804. The van der Waals surface area contributed by atoms with Crippen LogP contribution in [0.2, 0.25) is 0 Å². The third-order valence-electron chi connectivity index (χ3n) is 4.57. The Hall–Kier alpha value is -0.530. The lowest BCUT2D eigenvalue weighted by Gasteiger charge is -2.52. The molecule has 17 heavy (non-hydrogen) atoms. The van der Waals surface area contributed by atoms with Gasteiger partial charge in [-0.3, -0.25) is 4.79 Å². The van der Waals surface area contributed by atoms with Crippen molar-refractivity contribution in [3.8, 4) is 0 Å². The lowest BCUT2D eigenvalue weighted by Crippen LogP contribution is -2.43. The van der Waals surface area contributed by atoms with Crippen molar-refractivity contribution in [1.29, 1.82) is 0 Å². The molecule has 2 saturated carbocycles. The molecule has 0 radical (unpaired) electrons. The molecule has 0 amide bonds. The first-order valence-corrected chi connectivity index (χ1v) is 6.86. The van der Waals surface area contributed by atoms with Crippen molar-refractivity contribution in [2.24, 2.45) is 22.2 Å². The van der Waals surface area contributed by atoms with E-state index in [4.69, 9.17) is 0 Å². The summed E-state index contributed by atoms with van der Waals surface area (Å²) >= 11 is 0. The van der Waals surface area contributed by atoms with Crippen molar-refractivity contribution in [2.45, 2.75) is 66.2 Å². The highest BCUT2D eigenvalue weighted by Gasteiger charge is 2.54. The zero-order valence-electron chi connectivity index (χ0n) is 11.7. The average molecular weight is 238 g/mol. The number of hydrogen-bond donors (Lipinski definition) is 1. The van der Waals surface area contributed by atoms with E-state index in [0.29, 0.717) is 23.2 Å². The molecular formula is C15H26O2. The van der Waals surface area contributed by atoms with Gasteiger partial charge in [-0.15, -0.1) is 0 Å². The maximum absolute atomic E-state index is 11.2. The number of aliphatic carboxylic acids is 1. The molecule has 2 fully saturated rings. The lowest BCUT2D eigenvalue weighted by molar-refractivity contribution is -0.143. The number of carboxylic acids is 1. The van der Waals surface area contributed by atoms with Crippen LogP contribution in [0.1, 0.15) is 66.2 Å². The van der Waals surface area contributed by atoms with E-state index in [1.807, 2.05) is 0 Å². The van der Waals surface area contributed by atoms with Crippen LogP contribution in [0.5, 0.6) is 0 Å². The highest BCUT2D eigenvalue weighted by molar-refractivity contribution is 5.68. The van der Waals surface area contributed by atoms with E-state index in [1.165, 1.54) is 19.3 Å². The van der Waals surface area contributed by atoms with Crippen LogP contribution in [0.25, 0.3) is 0 Å². The smallest absolute Gasteiger partial charge is 0.303 e. The second-order valence-corrected chi connectivity index (χ2v) is 8.07. The predicted molar refractivity (Wildman–Crippen MR) is 68.8 cm³/mol. The SMILES string of the molecule is CC1(C)CC(C)(C)CC(CC(=O)O)(C2CC2)C1. The van der Waals surface area contributed by atoms with Crippen molar-refractivity contribution in [2.75, 3.05) is 0 Å². The number of hydrogen-bond acceptors (Lipinski definition) is 1. The molecule has 98 valence electrons. The van der Waals surface area contributed by atoms with Crippen molar-refractivity contribution in [3.63, 3.8) is 0 Å². The van der Waals surface area contributed by atoms with Crippen LogP contribution in [-0.4, -0.2) is 11.1 Å². The standard InChI is InChI=1S/C15H26O2/c1-13(2)8-14(3,4)10-15(9-13,7-12(16)17)11-5-6-11/h11H,5-10H2,1-4H3,(H,16,17). The Morgan fingerprint density at radius 1 is 1.06 bits per heavy atom. The monoisotopic (exact) mass is 238 g/mol. The zero-order chi connectivity index (χ0) is 12.9. The Labute approximate surface area is 105 Å². The number of carbonyl (C=O) groups is 1. The molecule has 0 aromatic heterocycles. The van der Waals surface area contributed by atoms with E-state index in [9.17, 15) is 9.90 Å². The largest absolute Gasteiger partial charge is 0.481 e. The van der Waals surface area contributed by atoms with Crippen molar-refractivity contribution >= 4 is 5.97 Å². The van der Waals surface area contributed by atoms with Crippen molar-refractivity contribution in [1.82, 2.24) is 0 Å². The molecule has 0 aromatic rings. The molecule has 0 bridgehead atoms. The molecule has 2 heteroatoms. The summed E-state index contributed by atoms with van der Waals surface area (Å²) in [5, 5.41) is 9.25. The third kappa shape index (κ3) is 2.83. The molecule has 2 rings (SSSR count). The minimum Gasteiger partial charge on any atom is -0.481 e. The first kappa shape index (κ1) is 12.9. The lowest BCUT2D eigenvalue weighted by atomic mass is 9.52.